The Labute approximate surface area is 147 Å². The lowest BCUT2D eigenvalue weighted by molar-refractivity contribution is -0.125. The van der Waals surface area contributed by atoms with Gasteiger partial charge in [-0.25, -0.2) is 4.39 Å². The van der Waals surface area contributed by atoms with Crippen molar-refractivity contribution in [3.05, 3.63) is 71.2 Å². The van der Waals surface area contributed by atoms with Crippen molar-refractivity contribution in [3.63, 3.8) is 0 Å². The number of aryl methyl sites for hydroxylation is 1. The van der Waals surface area contributed by atoms with Crippen molar-refractivity contribution in [3.8, 4) is 0 Å². The molecule has 25 heavy (non-hydrogen) atoms. The Morgan fingerprint density at radius 2 is 1.80 bits per heavy atom. The minimum Gasteiger partial charge on any atom is -0.358 e. The van der Waals surface area contributed by atoms with Crippen LogP contribution in [-0.2, 0) is 16.6 Å². The van der Waals surface area contributed by atoms with Gasteiger partial charge in [0, 0.05) is 23.1 Å². The highest BCUT2D eigenvalue weighted by molar-refractivity contribution is 5.95. The largest absolute Gasteiger partial charge is 0.358 e. The van der Waals surface area contributed by atoms with Crippen LogP contribution in [0.3, 0.4) is 0 Å². The Morgan fingerprint density at radius 1 is 1.12 bits per heavy atom. The maximum absolute atomic E-state index is 13.7. The fraction of sp³-hybridized carbons (Fsp3) is 0.286. The Morgan fingerprint density at radius 3 is 2.56 bits per heavy atom. The number of carbonyl (C=O) groups excluding carboxylic acids is 1. The fourth-order valence-electron chi connectivity index (χ4n) is 3.43. The number of H-pyrrole nitrogens is 1. The van der Waals surface area contributed by atoms with Crippen molar-refractivity contribution in [2.24, 2.45) is 0 Å². The molecule has 0 unspecified atom stereocenters. The molecule has 3 aromatic rings. The van der Waals surface area contributed by atoms with Gasteiger partial charge in [0.1, 0.15) is 5.82 Å². The van der Waals surface area contributed by atoms with Crippen molar-refractivity contribution in [1.82, 2.24) is 10.3 Å². The van der Waals surface area contributed by atoms with E-state index in [2.05, 4.69) is 10.3 Å². The third-order valence-corrected chi connectivity index (χ3v) is 4.72. The quantitative estimate of drug-likeness (QED) is 0.718. The maximum atomic E-state index is 13.7. The molecule has 4 heteroatoms. The van der Waals surface area contributed by atoms with E-state index in [9.17, 15) is 9.18 Å². The molecule has 1 heterocycles. The Kier molecular flexibility index (Phi) is 4.62. The van der Waals surface area contributed by atoms with E-state index in [1.54, 1.807) is 18.2 Å². The Bertz CT molecular complexity index is 911. The second-order valence-electron chi connectivity index (χ2n) is 6.89. The number of rotatable bonds is 5. The molecule has 2 N–H and O–H groups in total. The number of aromatic amines is 1. The predicted molar refractivity (Wildman–Crippen MR) is 99.2 cm³/mol. The molecule has 130 valence electrons. The third-order valence-electron chi connectivity index (χ3n) is 4.72. The molecule has 0 atom stereocenters. The van der Waals surface area contributed by atoms with E-state index in [1.165, 1.54) is 6.07 Å². The van der Waals surface area contributed by atoms with E-state index in [0.29, 0.717) is 18.5 Å². The van der Waals surface area contributed by atoms with Gasteiger partial charge in [-0.15, -0.1) is 0 Å². The van der Waals surface area contributed by atoms with Crippen LogP contribution in [0.25, 0.3) is 10.9 Å². The van der Waals surface area contributed by atoms with Gasteiger partial charge in [0.05, 0.1) is 5.41 Å². The minimum atomic E-state index is -0.682. The van der Waals surface area contributed by atoms with E-state index >= 15 is 0 Å². The number of carbonyl (C=O) groups is 1. The zero-order valence-electron chi connectivity index (χ0n) is 14.8. The SMILES string of the molecule is Cc1[nH]c2ccccc2c1C(C)(C)C(=O)NCCc1ccccc1F. The summed E-state index contributed by atoms with van der Waals surface area (Å²) in [6.07, 6.45) is 0.474. The van der Waals surface area contributed by atoms with Crippen LogP contribution in [-0.4, -0.2) is 17.4 Å². The molecule has 0 saturated heterocycles. The summed E-state index contributed by atoms with van der Waals surface area (Å²) >= 11 is 0. The second-order valence-corrected chi connectivity index (χ2v) is 6.89. The number of hydrogen-bond acceptors (Lipinski definition) is 1. The van der Waals surface area contributed by atoms with Gasteiger partial charge in [-0.05, 0) is 50.5 Å². The zero-order valence-corrected chi connectivity index (χ0v) is 14.8. The normalized spacial score (nSPS) is 11.7. The van der Waals surface area contributed by atoms with Crippen LogP contribution in [0, 0.1) is 12.7 Å². The summed E-state index contributed by atoms with van der Waals surface area (Å²) in [5, 5.41) is 4.02. The van der Waals surface area contributed by atoms with Crippen LogP contribution < -0.4 is 5.32 Å². The Balaban J connectivity index is 1.76. The number of halogens is 1. The highest BCUT2D eigenvalue weighted by atomic mass is 19.1. The van der Waals surface area contributed by atoms with Crippen molar-refractivity contribution in [1.29, 1.82) is 0 Å². The van der Waals surface area contributed by atoms with E-state index in [1.807, 2.05) is 45.0 Å². The summed E-state index contributed by atoms with van der Waals surface area (Å²) < 4.78 is 13.7. The molecule has 0 fully saturated rings. The van der Waals surface area contributed by atoms with E-state index in [0.717, 1.165) is 22.2 Å². The van der Waals surface area contributed by atoms with Gasteiger partial charge in [-0.1, -0.05) is 36.4 Å². The van der Waals surface area contributed by atoms with Gasteiger partial charge >= 0.3 is 0 Å². The van der Waals surface area contributed by atoms with E-state index in [-0.39, 0.29) is 11.7 Å². The summed E-state index contributed by atoms with van der Waals surface area (Å²) in [6.45, 7) is 6.25. The summed E-state index contributed by atoms with van der Waals surface area (Å²) in [6, 6.07) is 14.7. The fourth-order valence-corrected chi connectivity index (χ4v) is 3.43. The number of fused-ring (bicyclic) bond motifs is 1. The zero-order chi connectivity index (χ0) is 18.0. The topological polar surface area (TPSA) is 44.9 Å². The highest BCUT2D eigenvalue weighted by Gasteiger charge is 2.33. The van der Waals surface area contributed by atoms with Gasteiger partial charge in [0.25, 0.3) is 0 Å². The van der Waals surface area contributed by atoms with Crippen LogP contribution in [0.15, 0.2) is 48.5 Å². The molecule has 0 bridgehead atoms. The smallest absolute Gasteiger partial charge is 0.230 e. The van der Waals surface area contributed by atoms with Crippen LogP contribution in [0.2, 0.25) is 0 Å². The van der Waals surface area contributed by atoms with Crippen LogP contribution in [0.5, 0.6) is 0 Å². The molecular formula is C21H23FN2O. The molecular weight excluding hydrogens is 315 g/mol. The van der Waals surface area contributed by atoms with Crippen molar-refractivity contribution in [2.45, 2.75) is 32.6 Å². The first-order chi connectivity index (χ1) is 11.9. The molecule has 2 aromatic carbocycles. The van der Waals surface area contributed by atoms with Crippen molar-refractivity contribution < 1.29 is 9.18 Å². The van der Waals surface area contributed by atoms with Crippen molar-refractivity contribution in [2.75, 3.05) is 6.54 Å². The molecule has 3 nitrogen and oxygen atoms in total. The summed E-state index contributed by atoms with van der Waals surface area (Å²) in [5.41, 5.74) is 2.96. The lowest BCUT2D eigenvalue weighted by atomic mass is 9.81. The number of hydrogen-bond donors (Lipinski definition) is 2. The third kappa shape index (κ3) is 3.29. The number of aromatic nitrogens is 1. The standard InChI is InChI=1S/C21H23FN2O/c1-14-19(16-9-5-7-11-18(16)24-14)21(2,3)20(25)23-13-12-15-8-4-6-10-17(15)22/h4-11,24H,12-13H2,1-3H3,(H,23,25). The monoisotopic (exact) mass is 338 g/mol. The molecule has 3 rings (SSSR count). The van der Waals surface area contributed by atoms with Gasteiger partial charge < -0.3 is 10.3 Å². The number of benzene rings is 2. The Hall–Kier alpha value is -2.62. The molecule has 1 aromatic heterocycles. The van der Waals surface area contributed by atoms with Crippen LogP contribution in [0.4, 0.5) is 4.39 Å². The molecule has 1 amide bonds. The molecule has 0 aliphatic carbocycles. The molecule has 0 aliphatic rings. The number of para-hydroxylation sites is 1. The van der Waals surface area contributed by atoms with Crippen molar-refractivity contribution >= 4 is 16.8 Å². The first-order valence-corrected chi connectivity index (χ1v) is 8.50. The average Bonchev–Trinajstić information content (AvgIpc) is 2.92. The summed E-state index contributed by atoms with van der Waals surface area (Å²) in [5.74, 6) is -0.292. The predicted octanol–water partition coefficient (Wildman–Crippen LogP) is 4.25. The van der Waals surface area contributed by atoms with Crippen LogP contribution >= 0.6 is 0 Å². The first kappa shape index (κ1) is 17.2. The molecule has 0 saturated carbocycles. The van der Waals surface area contributed by atoms with E-state index in [4.69, 9.17) is 0 Å². The van der Waals surface area contributed by atoms with Gasteiger partial charge in [0.15, 0.2) is 0 Å². The van der Waals surface area contributed by atoms with Gasteiger partial charge in [-0.3, -0.25) is 4.79 Å². The van der Waals surface area contributed by atoms with Crippen LogP contribution in [0.1, 0.15) is 30.7 Å². The maximum Gasteiger partial charge on any atom is 0.230 e. The summed E-state index contributed by atoms with van der Waals surface area (Å²) in [4.78, 5) is 16.2. The lowest BCUT2D eigenvalue weighted by Crippen LogP contribution is -2.41. The second kappa shape index (κ2) is 6.71. The van der Waals surface area contributed by atoms with E-state index < -0.39 is 5.41 Å². The first-order valence-electron chi connectivity index (χ1n) is 8.50. The molecule has 0 spiro atoms. The van der Waals surface area contributed by atoms with Gasteiger partial charge in [0.2, 0.25) is 5.91 Å². The number of nitrogens with one attached hydrogen (secondary N) is 2. The lowest BCUT2D eigenvalue weighted by Gasteiger charge is -2.24. The average molecular weight is 338 g/mol. The molecule has 0 aliphatic heterocycles. The van der Waals surface area contributed by atoms with Gasteiger partial charge in [-0.2, -0.15) is 0 Å². The summed E-state index contributed by atoms with van der Waals surface area (Å²) in [7, 11) is 0. The molecule has 0 radical (unpaired) electrons. The highest BCUT2D eigenvalue weighted by Crippen LogP contribution is 2.33. The minimum absolute atomic E-state index is 0.0586. The number of amides is 1.